The number of nitrogen functional groups attached to an aromatic ring is 1. The predicted molar refractivity (Wildman–Crippen MR) is 73.5 cm³/mol. The van der Waals surface area contributed by atoms with Crippen LogP contribution in [0.25, 0.3) is 0 Å². The van der Waals surface area contributed by atoms with Gasteiger partial charge in [0.2, 0.25) is 0 Å². The third-order valence-corrected chi connectivity index (χ3v) is 20.8. The van der Waals surface area contributed by atoms with Crippen molar-refractivity contribution in [2.75, 3.05) is 5.73 Å². The second-order valence-electron chi connectivity index (χ2n) is 4.26. The van der Waals surface area contributed by atoms with Gasteiger partial charge >= 0.3 is 109 Å². The van der Waals surface area contributed by atoms with Crippen LogP contribution in [0, 0.1) is 0 Å². The Labute approximate surface area is 109 Å². The molecule has 0 aliphatic carbocycles. The van der Waals surface area contributed by atoms with E-state index in [9.17, 15) is 4.79 Å². The van der Waals surface area contributed by atoms with Crippen molar-refractivity contribution >= 4 is 33.3 Å². The molecule has 17 heavy (non-hydrogen) atoms. The van der Waals surface area contributed by atoms with Crippen LogP contribution < -0.4 is 5.73 Å². The minimum absolute atomic E-state index is 0.169. The monoisotopic (exact) mass is 431 g/mol. The summed E-state index contributed by atoms with van der Waals surface area (Å²) in [5, 5.41) is 0. The summed E-state index contributed by atoms with van der Waals surface area (Å²) in [7, 11) is 0. The van der Waals surface area contributed by atoms with Gasteiger partial charge in [0.15, 0.2) is 0 Å². The molecule has 0 saturated heterocycles. The minimum atomic E-state index is -2.77. The van der Waals surface area contributed by atoms with Crippen LogP contribution in [0.2, 0.25) is 11.9 Å². The fraction of sp³-hybridized carbons (Fsp3) is 0.462. The molecule has 0 heterocycles. The van der Waals surface area contributed by atoms with E-state index in [0.29, 0.717) is 11.3 Å². The van der Waals surface area contributed by atoms with Crippen LogP contribution >= 0.6 is 0 Å². The Morgan fingerprint density at radius 1 is 1.12 bits per heavy atom. The Morgan fingerprint density at radius 3 is 2.00 bits per heavy atom. The van der Waals surface area contributed by atoms with Crippen molar-refractivity contribution in [2.45, 2.75) is 32.7 Å². The molecule has 0 aromatic heterocycles. The number of rotatable bonds is 5. The zero-order valence-electron chi connectivity index (χ0n) is 10.8. The van der Waals surface area contributed by atoms with Crippen molar-refractivity contribution in [3.8, 4) is 0 Å². The van der Waals surface area contributed by atoms with Crippen molar-refractivity contribution in [3.63, 3.8) is 0 Å². The summed E-state index contributed by atoms with van der Waals surface area (Å²) in [4.78, 5) is 12.0. The topological polar surface area (TPSA) is 52.3 Å². The van der Waals surface area contributed by atoms with Crippen LogP contribution in [0.4, 0.5) is 5.69 Å². The Bertz CT molecular complexity index is 363. The number of carbonyl (C=O) groups excluding carboxylic acids is 1. The van der Waals surface area contributed by atoms with E-state index < -0.39 is 21.6 Å². The maximum atomic E-state index is 12.0. The van der Waals surface area contributed by atoms with Crippen molar-refractivity contribution < 1.29 is 7.48 Å². The Morgan fingerprint density at radius 2 is 1.59 bits per heavy atom. The first-order valence-corrected chi connectivity index (χ1v) is 16.0. The van der Waals surface area contributed by atoms with E-state index in [1.54, 1.807) is 24.3 Å². The third kappa shape index (κ3) is 3.69. The van der Waals surface area contributed by atoms with Gasteiger partial charge in [0.1, 0.15) is 0 Å². The molecular formula is C13H21NO2Pb. The van der Waals surface area contributed by atoms with Crippen molar-refractivity contribution in [1.29, 1.82) is 0 Å². The fourth-order valence-corrected chi connectivity index (χ4v) is 11.3. The van der Waals surface area contributed by atoms with Gasteiger partial charge in [-0.15, -0.1) is 0 Å². The van der Waals surface area contributed by atoms with Gasteiger partial charge in [-0.3, -0.25) is 0 Å². The maximum absolute atomic E-state index is 12.0. The van der Waals surface area contributed by atoms with Crippen molar-refractivity contribution in [2.24, 2.45) is 0 Å². The molecule has 0 unspecified atom stereocenters. The standard InChI is InChI=1S/C7H7NO2.3C2H5.Pb/c8-6-3-1-5(2-4-6)7(9)10;3*1-2;/h1-4H,8H2,(H,9,10);3*1H2,2H3;/q;;;;+1/p-1. The molecule has 0 amide bonds. The van der Waals surface area contributed by atoms with Gasteiger partial charge in [0, 0.05) is 0 Å². The zero-order valence-corrected chi connectivity index (χ0v) is 14.7. The van der Waals surface area contributed by atoms with E-state index in [0.717, 1.165) is 11.9 Å². The molecule has 0 spiro atoms. The van der Waals surface area contributed by atoms with Crippen LogP contribution in [-0.4, -0.2) is 27.6 Å². The van der Waals surface area contributed by atoms with Crippen LogP contribution in [0.15, 0.2) is 24.3 Å². The molecular weight excluding hydrogens is 409 g/mol. The number of hydrogen-bond donors (Lipinski definition) is 1. The van der Waals surface area contributed by atoms with Gasteiger partial charge in [-0.05, 0) is 0 Å². The second kappa shape index (κ2) is 6.37. The average molecular weight is 431 g/mol. The number of carbonyl (C=O) groups is 1. The van der Waals surface area contributed by atoms with E-state index >= 15 is 0 Å². The summed E-state index contributed by atoms with van der Waals surface area (Å²) in [5.41, 5.74) is 6.87. The average Bonchev–Trinajstić information content (AvgIpc) is 2.37. The molecule has 0 bridgehead atoms. The summed E-state index contributed by atoms with van der Waals surface area (Å²) < 4.78 is 9.02. The molecule has 0 aliphatic heterocycles. The molecule has 1 aromatic rings. The van der Waals surface area contributed by atoms with Crippen LogP contribution in [0.5, 0.6) is 0 Å². The molecule has 1 aromatic carbocycles. The number of nitrogens with two attached hydrogens (primary N) is 1. The first kappa shape index (κ1) is 14.5. The fourth-order valence-electron chi connectivity index (χ4n) is 1.84. The van der Waals surface area contributed by atoms with Crippen molar-refractivity contribution in [1.82, 2.24) is 0 Å². The summed E-state index contributed by atoms with van der Waals surface area (Å²) in [6.45, 7) is 6.43. The molecule has 0 fully saturated rings. The normalized spacial score (nSPS) is 11.2. The van der Waals surface area contributed by atoms with Gasteiger partial charge in [0.05, 0.1) is 0 Å². The summed E-state index contributed by atoms with van der Waals surface area (Å²) in [5.74, 6) is -0.169. The predicted octanol–water partition coefficient (Wildman–Crippen LogP) is 3.43. The molecule has 3 nitrogen and oxygen atoms in total. The molecule has 0 atom stereocenters. The van der Waals surface area contributed by atoms with Gasteiger partial charge in [0.25, 0.3) is 0 Å². The van der Waals surface area contributed by atoms with Crippen LogP contribution in [-0.2, 0) is 2.69 Å². The molecule has 2 N–H and O–H groups in total. The SMILES string of the molecule is C[CH2][Pb]([CH2]C)([CH2]C)[O]C(=O)c1ccc(N)cc1. The molecule has 94 valence electrons. The van der Waals surface area contributed by atoms with Gasteiger partial charge < -0.3 is 0 Å². The summed E-state index contributed by atoms with van der Waals surface area (Å²) in [6, 6.07) is 6.94. The van der Waals surface area contributed by atoms with E-state index in [4.69, 9.17) is 8.42 Å². The third-order valence-electron chi connectivity index (χ3n) is 3.39. The molecule has 0 saturated carbocycles. The van der Waals surface area contributed by atoms with Crippen LogP contribution in [0.3, 0.4) is 0 Å². The first-order valence-electron chi connectivity index (χ1n) is 6.15. The second-order valence-corrected chi connectivity index (χ2v) is 22.5. The van der Waals surface area contributed by atoms with E-state index in [1.807, 2.05) is 0 Å². The number of hydrogen-bond acceptors (Lipinski definition) is 3. The van der Waals surface area contributed by atoms with Gasteiger partial charge in [-0.25, -0.2) is 0 Å². The van der Waals surface area contributed by atoms with Crippen LogP contribution in [0.1, 0.15) is 31.1 Å². The zero-order chi connectivity index (χ0) is 12.9. The van der Waals surface area contributed by atoms with E-state index in [-0.39, 0.29) is 5.97 Å². The first-order chi connectivity index (χ1) is 8.06. The van der Waals surface area contributed by atoms with Gasteiger partial charge in [-0.1, -0.05) is 0 Å². The molecule has 4 heteroatoms. The Balaban J connectivity index is 2.81. The van der Waals surface area contributed by atoms with E-state index in [1.165, 1.54) is 0 Å². The molecule has 0 radical (unpaired) electrons. The number of benzene rings is 1. The Kier molecular flexibility index (Phi) is 5.43. The molecule has 1 rings (SSSR count). The summed E-state index contributed by atoms with van der Waals surface area (Å²) >= 11 is -2.77. The quantitative estimate of drug-likeness (QED) is 0.575. The van der Waals surface area contributed by atoms with E-state index in [2.05, 4.69) is 20.8 Å². The van der Waals surface area contributed by atoms with Gasteiger partial charge in [-0.2, -0.15) is 0 Å². The number of anilines is 1. The Hall–Kier alpha value is -0.588. The summed E-state index contributed by atoms with van der Waals surface area (Å²) in [6.07, 6.45) is 0. The van der Waals surface area contributed by atoms with Crippen molar-refractivity contribution in [3.05, 3.63) is 29.8 Å². The molecule has 0 aliphatic rings.